The molecule has 2 aliphatic heterocycles. The molecule has 1 N–H and O–H groups in total. The van der Waals surface area contributed by atoms with E-state index in [1.807, 2.05) is 30.3 Å². The Morgan fingerprint density at radius 2 is 2.20 bits per heavy atom. The van der Waals surface area contributed by atoms with Crippen molar-refractivity contribution >= 4 is 11.6 Å². The number of nitrogens with zero attached hydrogens (tertiary/aromatic N) is 3. The molecule has 6 heteroatoms. The van der Waals surface area contributed by atoms with E-state index in [1.165, 1.54) is 0 Å². The quantitative estimate of drug-likeness (QED) is 0.923. The van der Waals surface area contributed by atoms with Crippen LogP contribution in [-0.4, -0.2) is 46.6 Å². The van der Waals surface area contributed by atoms with Crippen LogP contribution >= 0.6 is 0 Å². The second-order valence-electron chi connectivity index (χ2n) is 6.71. The minimum absolute atomic E-state index is 0.0548. The lowest BCUT2D eigenvalue weighted by molar-refractivity contribution is -0.126. The number of carbonyl (C=O) groups is 1. The third-order valence-corrected chi connectivity index (χ3v) is 5.05. The van der Waals surface area contributed by atoms with Crippen molar-refractivity contribution in [1.82, 2.24) is 14.9 Å². The molecule has 2 aliphatic rings. The summed E-state index contributed by atoms with van der Waals surface area (Å²) in [6.07, 6.45) is 6.26. The number of rotatable bonds is 4. The molecule has 0 aliphatic carbocycles. The van der Waals surface area contributed by atoms with E-state index in [1.54, 1.807) is 18.6 Å². The van der Waals surface area contributed by atoms with Crippen molar-refractivity contribution in [2.75, 3.05) is 25.0 Å². The Balaban J connectivity index is 1.48. The van der Waals surface area contributed by atoms with Crippen molar-refractivity contribution in [2.45, 2.75) is 19.1 Å². The highest BCUT2D eigenvalue weighted by molar-refractivity contribution is 5.92. The van der Waals surface area contributed by atoms with Crippen LogP contribution < -0.4 is 5.32 Å². The van der Waals surface area contributed by atoms with Crippen molar-refractivity contribution in [2.24, 2.45) is 11.8 Å². The molecule has 4 heterocycles. The molecule has 1 amide bonds. The number of hydrogen-bond acceptors (Lipinski definition) is 5. The largest absolute Gasteiger partial charge is 0.377 e. The summed E-state index contributed by atoms with van der Waals surface area (Å²) >= 11 is 0. The standard InChI is InChI=1S/C19H22N4O2/c24-19(22-14-5-3-7-20-10-14)17-12-23(11-15-4-1-2-8-21-15)13-18-16(17)6-9-25-18/h1-5,7-8,10,16-18H,6,9,11-13H2,(H,22,24)/t16-,17-,18+/m1/s1. The van der Waals surface area contributed by atoms with E-state index in [0.717, 1.165) is 44.0 Å². The molecule has 0 radical (unpaired) electrons. The highest BCUT2D eigenvalue weighted by Crippen LogP contribution is 2.34. The van der Waals surface area contributed by atoms with Crippen LogP contribution in [0.5, 0.6) is 0 Å². The summed E-state index contributed by atoms with van der Waals surface area (Å²) in [6, 6.07) is 9.62. The Labute approximate surface area is 147 Å². The second-order valence-corrected chi connectivity index (χ2v) is 6.71. The summed E-state index contributed by atoms with van der Waals surface area (Å²) in [4.78, 5) is 23.6. The first-order valence-corrected chi connectivity index (χ1v) is 8.74. The fourth-order valence-electron chi connectivity index (χ4n) is 3.85. The Hall–Kier alpha value is -2.31. The first-order valence-electron chi connectivity index (χ1n) is 8.74. The number of nitrogens with one attached hydrogen (secondary N) is 1. The molecule has 0 spiro atoms. The number of pyridine rings is 2. The first kappa shape index (κ1) is 16.2. The van der Waals surface area contributed by atoms with E-state index >= 15 is 0 Å². The maximum Gasteiger partial charge on any atom is 0.229 e. The lowest BCUT2D eigenvalue weighted by atomic mass is 9.82. The fourth-order valence-corrected chi connectivity index (χ4v) is 3.85. The van der Waals surface area contributed by atoms with Crippen LogP contribution in [0.1, 0.15) is 12.1 Å². The summed E-state index contributed by atoms with van der Waals surface area (Å²) < 4.78 is 5.90. The van der Waals surface area contributed by atoms with Gasteiger partial charge in [-0.05, 0) is 30.7 Å². The molecule has 25 heavy (non-hydrogen) atoms. The zero-order chi connectivity index (χ0) is 17.1. The number of anilines is 1. The molecule has 4 rings (SSSR count). The van der Waals surface area contributed by atoms with E-state index in [0.29, 0.717) is 0 Å². The van der Waals surface area contributed by atoms with Gasteiger partial charge in [0.1, 0.15) is 0 Å². The minimum Gasteiger partial charge on any atom is -0.377 e. The highest BCUT2D eigenvalue weighted by Gasteiger charge is 2.43. The number of aromatic nitrogens is 2. The Bertz CT molecular complexity index is 710. The lowest BCUT2D eigenvalue weighted by Crippen LogP contribution is -2.51. The van der Waals surface area contributed by atoms with Crippen LogP contribution in [0, 0.1) is 11.8 Å². The lowest BCUT2D eigenvalue weighted by Gasteiger charge is -2.39. The maximum atomic E-state index is 12.9. The van der Waals surface area contributed by atoms with Crippen LogP contribution in [-0.2, 0) is 16.1 Å². The Morgan fingerprint density at radius 3 is 3.00 bits per heavy atom. The number of piperidine rings is 1. The predicted octanol–water partition coefficient (Wildman–Crippen LogP) is 1.95. The van der Waals surface area contributed by atoms with Crippen LogP contribution in [0.25, 0.3) is 0 Å². The molecule has 0 unspecified atom stereocenters. The molecule has 3 atom stereocenters. The van der Waals surface area contributed by atoms with Gasteiger partial charge in [-0.25, -0.2) is 0 Å². The van der Waals surface area contributed by atoms with Crippen molar-refractivity contribution in [3.05, 3.63) is 54.6 Å². The summed E-state index contributed by atoms with van der Waals surface area (Å²) in [7, 11) is 0. The van der Waals surface area contributed by atoms with Crippen LogP contribution in [0.2, 0.25) is 0 Å². The highest BCUT2D eigenvalue weighted by atomic mass is 16.5. The zero-order valence-corrected chi connectivity index (χ0v) is 14.0. The van der Waals surface area contributed by atoms with Crippen LogP contribution in [0.4, 0.5) is 5.69 Å². The molecule has 2 aromatic rings. The molecule has 2 aromatic heterocycles. The van der Waals surface area contributed by atoms with Gasteiger partial charge in [-0.15, -0.1) is 0 Å². The normalized spacial score (nSPS) is 26.2. The molecule has 0 aromatic carbocycles. The summed E-state index contributed by atoms with van der Waals surface area (Å²) in [5.74, 6) is 0.265. The van der Waals surface area contributed by atoms with E-state index in [4.69, 9.17) is 4.74 Å². The fraction of sp³-hybridized carbons (Fsp3) is 0.421. The number of carbonyl (C=O) groups excluding carboxylic acids is 1. The number of ether oxygens (including phenoxy) is 1. The monoisotopic (exact) mass is 338 g/mol. The van der Waals surface area contributed by atoms with Crippen LogP contribution in [0.3, 0.4) is 0 Å². The molecule has 6 nitrogen and oxygen atoms in total. The van der Waals surface area contributed by atoms with Crippen LogP contribution in [0.15, 0.2) is 48.9 Å². The van der Waals surface area contributed by atoms with Gasteiger partial charge >= 0.3 is 0 Å². The third-order valence-electron chi connectivity index (χ3n) is 5.05. The van der Waals surface area contributed by atoms with Gasteiger partial charge in [0.05, 0.1) is 29.6 Å². The average Bonchev–Trinajstić information content (AvgIpc) is 3.11. The van der Waals surface area contributed by atoms with E-state index < -0.39 is 0 Å². The number of hydrogen-bond donors (Lipinski definition) is 1. The maximum absolute atomic E-state index is 12.9. The van der Waals surface area contributed by atoms with Gasteiger partial charge in [-0.3, -0.25) is 19.7 Å². The number of likely N-dealkylation sites (tertiary alicyclic amines) is 1. The topological polar surface area (TPSA) is 67.4 Å². The Kier molecular flexibility index (Phi) is 4.72. The number of fused-ring (bicyclic) bond motifs is 1. The molecule has 0 bridgehead atoms. The van der Waals surface area contributed by atoms with Gasteiger partial charge in [0.15, 0.2) is 0 Å². The van der Waals surface area contributed by atoms with Gasteiger partial charge in [-0.1, -0.05) is 6.07 Å². The Morgan fingerprint density at radius 1 is 1.24 bits per heavy atom. The SMILES string of the molecule is O=C(Nc1cccnc1)[C@@H]1CN(Cc2ccccn2)C[C@@H]2OCC[C@@H]21. The smallest absolute Gasteiger partial charge is 0.229 e. The van der Waals surface area contributed by atoms with Gasteiger partial charge in [0.25, 0.3) is 0 Å². The zero-order valence-electron chi connectivity index (χ0n) is 14.0. The van der Waals surface area contributed by atoms with E-state index in [9.17, 15) is 4.79 Å². The molecule has 2 fully saturated rings. The summed E-state index contributed by atoms with van der Waals surface area (Å²) in [6.45, 7) is 3.07. The predicted molar refractivity (Wildman–Crippen MR) is 93.7 cm³/mol. The van der Waals surface area contributed by atoms with Crippen molar-refractivity contribution in [1.29, 1.82) is 0 Å². The van der Waals surface area contributed by atoms with Gasteiger partial charge in [0.2, 0.25) is 5.91 Å². The van der Waals surface area contributed by atoms with Crippen molar-refractivity contribution in [3.63, 3.8) is 0 Å². The van der Waals surface area contributed by atoms with E-state index in [2.05, 4.69) is 20.2 Å². The van der Waals surface area contributed by atoms with Crippen molar-refractivity contribution < 1.29 is 9.53 Å². The van der Waals surface area contributed by atoms with Crippen molar-refractivity contribution in [3.8, 4) is 0 Å². The first-order chi connectivity index (χ1) is 12.3. The molecular weight excluding hydrogens is 316 g/mol. The molecular formula is C19H22N4O2. The molecule has 2 saturated heterocycles. The number of amides is 1. The third kappa shape index (κ3) is 3.70. The second kappa shape index (κ2) is 7.29. The summed E-state index contributed by atoms with van der Waals surface area (Å²) in [5.41, 5.74) is 1.76. The van der Waals surface area contributed by atoms with E-state index in [-0.39, 0.29) is 23.8 Å². The molecule has 0 saturated carbocycles. The summed E-state index contributed by atoms with van der Waals surface area (Å²) in [5, 5.41) is 3.01. The molecule has 130 valence electrons. The van der Waals surface area contributed by atoms with Gasteiger partial charge < -0.3 is 10.1 Å². The minimum atomic E-state index is -0.0785. The van der Waals surface area contributed by atoms with Gasteiger partial charge in [-0.2, -0.15) is 0 Å². The average molecular weight is 338 g/mol. The van der Waals surface area contributed by atoms with Gasteiger partial charge in [0, 0.05) is 44.6 Å².